The van der Waals surface area contributed by atoms with Crippen LogP contribution in [0.4, 0.5) is 0 Å². The average Bonchev–Trinajstić information content (AvgIpc) is 3.05. The van der Waals surface area contributed by atoms with Crippen LogP contribution >= 0.6 is 0 Å². The van der Waals surface area contributed by atoms with Crippen molar-refractivity contribution in [3.63, 3.8) is 0 Å². The Balaban J connectivity index is 1.34. The van der Waals surface area contributed by atoms with Crippen molar-refractivity contribution in [1.82, 2.24) is 10.6 Å². The van der Waals surface area contributed by atoms with Crippen LogP contribution in [0.2, 0.25) is 0 Å². The van der Waals surface area contributed by atoms with Gasteiger partial charge < -0.3 is 25.2 Å². The molecule has 8 heteroatoms. The lowest BCUT2D eigenvalue weighted by Crippen LogP contribution is -2.45. The SMILES string of the molecule is O=C(C[C@H]1CC=CCCCC(=O)OC[C@@H](Cc2ccccc2)NC1=O)N[C@H](CO)Cc1ccc(OCc2ccccc2)cc1. The summed E-state index contributed by atoms with van der Waals surface area (Å²) in [5, 5.41) is 15.9. The second-order valence-electron chi connectivity index (χ2n) is 11.1. The van der Waals surface area contributed by atoms with Gasteiger partial charge in [0.05, 0.1) is 24.6 Å². The Kier molecular flexibility index (Phi) is 13.0. The second-order valence-corrected chi connectivity index (χ2v) is 11.1. The zero-order valence-electron chi connectivity index (χ0n) is 25.0. The van der Waals surface area contributed by atoms with Crippen LogP contribution in [0.1, 0.15) is 48.8 Å². The lowest BCUT2D eigenvalue weighted by atomic mass is 9.97. The van der Waals surface area contributed by atoms with Gasteiger partial charge in [0.25, 0.3) is 0 Å². The molecule has 1 aliphatic rings. The molecule has 0 bridgehead atoms. The molecule has 0 saturated carbocycles. The molecule has 0 aliphatic carbocycles. The molecule has 3 aromatic carbocycles. The summed E-state index contributed by atoms with van der Waals surface area (Å²) in [7, 11) is 0. The summed E-state index contributed by atoms with van der Waals surface area (Å²) in [6.45, 7) is 0.297. The van der Waals surface area contributed by atoms with Crippen molar-refractivity contribution >= 4 is 17.8 Å². The van der Waals surface area contributed by atoms with Crippen LogP contribution in [-0.2, 0) is 38.6 Å². The topological polar surface area (TPSA) is 114 Å². The number of aliphatic hydroxyl groups is 1. The summed E-state index contributed by atoms with van der Waals surface area (Å²) < 4.78 is 11.3. The summed E-state index contributed by atoms with van der Waals surface area (Å²) in [6.07, 6.45) is 6.78. The van der Waals surface area contributed by atoms with Crippen molar-refractivity contribution in [2.45, 2.75) is 63.6 Å². The maximum Gasteiger partial charge on any atom is 0.305 e. The summed E-state index contributed by atoms with van der Waals surface area (Å²) in [4.78, 5) is 38.7. The largest absolute Gasteiger partial charge is 0.489 e. The number of aliphatic hydroxyl groups excluding tert-OH is 1. The van der Waals surface area contributed by atoms with Gasteiger partial charge in [-0.2, -0.15) is 0 Å². The minimum absolute atomic E-state index is 0.0310. The van der Waals surface area contributed by atoms with Crippen molar-refractivity contribution in [2.24, 2.45) is 5.92 Å². The van der Waals surface area contributed by atoms with Crippen LogP contribution in [0.3, 0.4) is 0 Å². The van der Waals surface area contributed by atoms with E-state index in [9.17, 15) is 19.5 Å². The predicted molar refractivity (Wildman–Crippen MR) is 169 cm³/mol. The fraction of sp³-hybridized carbons (Fsp3) is 0.361. The Morgan fingerprint density at radius 3 is 2.34 bits per heavy atom. The van der Waals surface area contributed by atoms with Crippen LogP contribution in [0.15, 0.2) is 97.1 Å². The van der Waals surface area contributed by atoms with Gasteiger partial charge in [0.1, 0.15) is 19.0 Å². The van der Waals surface area contributed by atoms with Crippen molar-refractivity contribution in [2.75, 3.05) is 13.2 Å². The van der Waals surface area contributed by atoms with Crippen LogP contribution in [0.25, 0.3) is 0 Å². The number of ether oxygens (including phenoxy) is 2. The Morgan fingerprint density at radius 1 is 0.932 bits per heavy atom. The molecular formula is C36H42N2O6. The van der Waals surface area contributed by atoms with Gasteiger partial charge in [0, 0.05) is 12.8 Å². The summed E-state index contributed by atoms with van der Waals surface area (Å²) in [5.74, 6) is -0.741. The maximum absolute atomic E-state index is 13.4. The molecule has 8 nitrogen and oxygen atoms in total. The second kappa shape index (κ2) is 17.6. The first kappa shape index (κ1) is 32.5. The van der Waals surface area contributed by atoms with Gasteiger partial charge in [-0.3, -0.25) is 14.4 Å². The fourth-order valence-corrected chi connectivity index (χ4v) is 5.08. The van der Waals surface area contributed by atoms with Crippen LogP contribution in [0.5, 0.6) is 5.75 Å². The zero-order valence-corrected chi connectivity index (χ0v) is 25.0. The highest BCUT2D eigenvalue weighted by Crippen LogP contribution is 2.17. The quantitative estimate of drug-likeness (QED) is 0.218. The van der Waals surface area contributed by atoms with E-state index in [0.717, 1.165) is 22.4 Å². The first-order valence-corrected chi connectivity index (χ1v) is 15.3. The normalized spacial score (nSPS) is 18.5. The summed E-state index contributed by atoms with van der Waals surface area (Å²) >= 11 is 0. The Labute approximate surface area is 259 Å². The third kappa shape index (κ3) is 11.3. The van der Waals surface area contributed by atoms with Crippen LogP contribution in [-0.4, -0.2) is 48.2 Å². The number of cyclic esters (lactones) is 1. The molecular weight excluding hydrogens is 556 g/mol. The molecule has 232 valence electrons. The molecule has 3 N–H and O–H groups in total. The number of nitrogens with one attached hydrogen (secondary N) is 2. The number of allylic oxidation sites excluding steroid dienone is 2. The first-order chi connectivity index (χ1) is 21.5. The molecule has 0 saturated heterocycles. The zero-order chi connectivity index (χ0) is 31.0. The molecule has 0 aromatic heterocycles. The van der Waals surface area contributed by atoms with Gasteiger partial charge in [-0.1, -0.05) is 84.9 Å². The molecule has 0 unspecified atom stereocenters. The van der Waals surface area contributed by atoms with Gasteiger partial charge in [-0.15, -0.1) is 0 Å². The van der Waals surface area contributed by atoms with Gasteiger partial charge >= 0.3 is 5.97 Å². The summed E-state index contributed by atoms with van der Waals surface area (Å²) in [5.41, 5.74) is 3.03. The van der Waals surface area contributed by atoms with E-state index >= 15 is 0 Å². The standard InChI is InChI=1S/C36H42N2O6/c39-24-31(21-28-17-19-33(20-18-28)43-25-29-13-7-4-8-14-29)37-34(40)23-30-15-9-1-2-10-16-35(41)44-26-32(38-36(30)42)22-27-11-5-3-6-12-27/h1,3-9,11-14,17-20,30-32,39H,2,10,15-16,21-26H2,(H,37,40)(H,38,42)/t30-,31+,32-/m1/s1. The minimum Gasteiger partial charge on any atom is -0.489 e. The number of benzene rings is 3. The van der Waals surface area contributed by atoms with E-state index in [-0.39, 0.29) is 37.4 Å². The third-order valence-electron chi connectivity index (χ3n) is 7.50. The molecule has 44 heavy (non-hydrogen) atoms. The molecule has 4 rings (SSSR count). The number of carbonyl (C=O) groups is 3. The van der Waals surface area contributed by atoms with E-state index in [2.05, 4.69) is 10.6 Å². The highest BCUT2D eigenvalue weighted by Gasteiger charge is 2.25. The average molecular weight is 599 g/mol. The molecule has 3 aromatic rings. The van der Waals surface area contributed by atoms with E-state index in [1.54, 1.807) is 0 Å². The third-order valence-corrected chi connectivity index (χ3v) is 7.50. The van der Waals surface area contributed by atoms with E-state index < -0.39 is 18.0 Å². The van der Waals surface area contributed by atoms with Gasteiger partial charge in [0.2, 0.25) is 11.8 Å². The van der Waals surface area contributed by atoms with Crippen LogP contribution < -0.4 is 15.4 Å². The smallest absolute Gasteiger partial charge is 0.305 e. The van der Waals surface area contributed by atoms with Crippen LogP contribution in [0, 0.1) is 5.92 Å². The van der Waals surface area contributed by atoms with Gasteiger partial charge in [-0.25, -0.2) is 0 Å². The van der Waals surface area contributed by atoms with Crippen molar-refractivity contribution < 1.29 is 29.0 Å². The maximum atomic E-state index is 13.4. The molecule has 3 atom stereocenters. The predicted octanol–water partition coefficient (Wildman–Crippen LogP) is 4.69. The summed E-state index contributed by atoms with van der Waals surface area (Å²) in [6, 6.07) is 26.3. The van der Waals surface area contributed by atoms with Gasteiger partial charge in [-0.05, 0) is 60.9 Å². The number of hydrogen-bond donors (Lipinski definition) is 3. The van der Waals surface area contributed by atoms with E-state index in [0.29, 0.717) is 45.1 Å². The highest BCUT2D eigenvalue weighted by molar-refractivity contribution is 5.86. The molecule has 0 spiro atoms. The van der Waals surface area contributed by atoms with Crippen molar-refractivity contribution in [3.8, 4) is 5.75 Å². The number of hydrogen-bond acceptors (Lipinski definition) is 6. The van der Waals surface area contributed by atoms with Crippen molar-refractivity contribution in [1.29, 1.82) is 0 Å². The molecule has 1 heterocycles. The van der Waals surface area contributed by atoms with Crippen molar-refractivity contribution in [3.05, 3.63) is 114 Å². The van der Waals surface area contributed by atoms with Gasteiger partial charge in [0.15, 0.2) is 0 Å². The number of esters is 1. The number of rotatable bonds is 11. The van der Waals surface area contributed by atoms with E-state index in [1.807, 2.05) is 97.1 Å². The molecule has 2 amide bonds. The molecule has 0 radical (unpaired) electrons. The first-order valence-electron chi connectivity index (χ1n) is 15.3. The minimum atomic E-state index is -0.610. The fourth-order valence-electron chi connectivity index (χ4n) is 5.08. The van der Waals surface area contributed by atoms with E-state index in [4.69, 9.17) is 9.47 Å². The van der Waals surface area contributed by atoms with E-state index in [1.165, 1.54) is 0 Å². The molecule has 1 aliphatic heterocycles. The Bertz CT molecular complexity index is 1340. The number of carbonyl (C=O) groups excluding carboxylic acids is 3. The molecule has 0 fully saturated rings. The Hall–Kier alpha value is -4.43. The lowest BCUT2D eigenvalue weighted by molar-refractivity contribution is -0.145. The highest BCUT2D eigenvalue weighted by atomic mass is 16.5. The monoisotopic (exact) mass is 598 g/mol. The lowest BCUT2D eigenvalue weighted by Gasteiger charge is -2.23. The number of amides is 2. The Morgan fingerprint density at radius 2 is 1.64 bits per heavy atom.